The average molecular weight is 485 g/mol. The number of ether oxygens (including phenoxy) is 2. The van der Waals surface area contributed by atoms with Gasteiger partial charge in [-0.05, 0) is 29.8 Å². The lowest BCUT2D eigenvalue weighted by atomic mass is 10.1. The number of hydrogen-bond acceptors (Lipinski definition) is 6. The molecule has 35 heavy (non-hydrogen) atoms. The van der Waals surface area contributed by atoms with E-state index < -0.39 is 5.82 Å². The van der Waals surface area contributed by atoms with Gasteiger partial charge in [0.2, 0.25) is 0 Å². The second kappa shape index (κ2) is 12.4. The van der Waals surface area contributed by atoms with Crippen molar-refractivity contribution in [3.8, 4) is 0 Å². The fraction of sp³-hybridized carbons (Fsp3) is 0.519. The molecule has 4 rings (SSSR count). The van der Waals surface area contributed by atoms with E-state index >= 15 is 0 Å². The SMILES string of the molecule is CN(C)c1ccc(CN2CCOC(CN(CCN3CCOCC3)C(=O)c3ccccc3F)C2)cc1. The highest BCUT2D eigenvalue weighted by atomic mass is 19.1. The molecule has 8 heteroatoms. The maximum absolute atomic E-state index is 14.4. The molecule has 0 radical (unpaired) electrons. The number of halogens is 1. The van der Waals surface area contributed by atoms with Crippen molar-refractivity contribution < 1.29 is 18.7 Å². The zero-order chi connectivity index (χ0) is 24.6. The van der Waals surface area contributed by atoms with Gasteiger partial charge in [-0.3, -0.25) is 14.6 Å². The van der Waals surface area contributed by atoms with Gasteiger partial charge >= 0.3 is 0 Å². The molecule has 1 unspecified atom stereocenters. The van der Waals surface area contributed by atoms with Gasteiger partial charge in [-0.2, -0.15) is 0 Å². The highest BCUT2D eigenvalue weighted by molar-refractivity contribution is 5.94. The zero-order valence-corrected chi connectivity index (χ0v) is 20.9. The van der Waals surface area contributed by atoms with E-state index in [2.05, 4.69) is 39.0 Å². The van der Waals surface area contributed by atoms with Gasteiger partial charge in [-0.25, -0.2) is 4.39 Å². The molecule has 1 amide bonds. The maximum Gasteiger partial charge on any atom is 0.256 e. The molecule has 2 fully saturated rings. The van der Waals surface area contributed by atoms with Gasteiger partial charge < -0.3 is 19.3 Å². The summed E-state index contributed by atoms with van der Waals surface area (Å²) in [5.74, 6) is -0.766. The monoisotopic (exact) mass is 484 g/mol. The molecule has 2 heterocycles. The van der Waals surface area contributed by atoms with Crippen LogP contribution >= 0.6 is 0 Å². The molecule has 1 atom stereocenters. The lowest BCUT2D eigenvalue weighted by Gasteiger charge is -2.37. The Morgan fingerprint density at radius 2 is 1.71 bits per heavy atom. The summed E-state index contributed by atoms with van der Waals surface area (Å²) in [6, 6.07) is 14.8. The number of carbonyl (C=O) groups excluding carboxylic acids is 1. The molecule has 2 aromatic carbocycles. The topological polar surface area (TPSA) is 48.5 Å². The summed E-state index contributed by atoms with van der Waals surface area (Å²) in [6.07, 6.45) is -0.120. The molecule has 0 bridgehead atoms. The Labute approximate surface area is 208 Å². The molecule has 0 aliphatic carbocycles. The highest BCUT2D eigenvalue weighted by Crippen LogP contribution is 2.17. The molecule has 0 saturated carbocycles. The maximum atomic E-state index is 14.4. The lowest BCUT2D eigenvalue weighted by molar-refractivity contribution is -0.0443. The van der Waals surface area contributed by atoms with Crippen LogP contribution in [-0.2, 0) is 16.0 Å². The van der Waals surface area contributed by atoms with Crippen molar-refractivity contribution in [1.82, 2.24) is 14.7 Å². The molecule has 2 aliphatic rings. The van der Waals surface area contributed by atoms with Crippen LogP contribution in [0.5, 0.6) is 0 Å². The molecule has 0 spiro atoms. The van der Waals surface area contributed by atoms with E-state index in [4.69, 9.17) is 9.47 Å². The van der Waals surface area contributed by atoms with Crippen molar-refractivity contribution >= 4 is 11.6 Å². The first-order valence-corrected chi connectivity index (χ1v) is 12.4. The van der Waals surface area contributed by atoms with Crippen LogP contribution in [-0.4, -0.2) is 106 Å². The first kappa shape index (κ1) is 25.6. The van der Waals surface area contributed by atoms with Gasteiger partial charge in [0, 0.05) is 72.1 Å². The summed E-state index contributed by atoms with van der Waals surface area (Å²) in [7, 11) is 4.07. The van der Waals surface area contributed by atoms with Crippen molar-refractivity contribution in [2.75, 3.05) is 84.6 Å². The van der Waals surface area contributed by atoms with E-state index in [9.17, 15) is 9.18 Å². The third-order valence-electron chi connectivity index (χ3n) is 6.69. The Morgan fingerprint density at radius 1 is 1.00 bits per heavy atom. The molecule has 2 saturated heterocycles. The smallest absolute Gasteiger partial charge is 0.256 e. The first-order valence-electron chi connectivity index (χ1n) is 12.4. The van der Waals surface area contributed by atoms with Crippen LogP contribution in [0.1, 0.15) is 15.9 Å². The molecular weight excluding hydrogens is 447 g/mol. The average Bonchev–Trinajstić information content (AvgIpc) is 2.87. The number of morpholine rings is 2. The highest BCUT2D eigenvalue weighted by Gasteiger charge is 2.27. The van der Waals surface area contributed by atoms with Crippen molar-refractivity contribution in [2.24, 2.45) is 0 Å². The second-order valence-electron chi connectivity index (χ2n) is 9.47. The van der Waals surface area contributed by atoms with Crippen molar-refractivity contribution in [1.29, 1.82) is 0 Å². The van der Waals surface area contributed by atoms with Gasteiger partial charge in [0.1, 0.15) is 5.82 Å². The standard InChI is InChI=1S/C27H37FN4O3/c1-29(2)23-9-7-22(8-10-23)19-31-15-18-35-24(20-31)21-32(12-11-30-13-16-34-17-14-30)27(33)25-5-3-4-6-26(25)28/h3-10,24H,11-21H2,1-2H3. The summed E-state index contributed by atoms with van der Waals surface area (Å²) in [4.78, 5) is 21.8. The predicted octanol–water partition coefficient (Wildman–Crippen LogP) is 2.57. The minimum Gasteiger partial charge on any atom is -0.379 e. The summed E-state index contributed by atoms with van der Waals surface area (Å²) < 4.78 is 25.9. The molecule has 0 aromatic heterocycles. The summed E-state index contributed by atoms with van der Waals surface area (Å²) in [5, 5.41) is 0. The van der Waals surface area contributed by atoms with Gasteiger partial charge in [0.05, 0.1) is 31.5 Å². The zero-order valence-electron chi connectivity index (χ0n) is 20.9. The van der Waals surface area contributed by atoms with Gasteiger partial charge in [0.25, 0.3) is 5.91 Å². The van der Waals surface area contributed by atoms with E-state index in [1.165, 1.54) is 17.3 Å². The molecular formula is C27H37FN4O3. The molecule has 7 nitrogen and oxygen atoms in total. The first-order chi connectivity index (χ1) is 17.0. The number of rotatable bonds is 9. The molecule has 0 N–H and O–H groups in total. The van der Waals surface area contributed by atoms with Gasteiger partial charge in [-0.1, -0.05) is 24.3 Å². The van der Waals surface area contributed by atoms with Crippen LogP contribution in [0, 0.1) is 5.82 Å². The third-order valence-corrected chi connectivity index (χ3v) is 6.69. The van der Waals surface area contributed by atoms with E-state index in [1.807, 2.05) is 14.1 Å². The minimum atomic E-state index is -0.485. The van der Waals surface area contributed by atoms with Crippen molar-refractivity contribution in [2.45, 2.75) is 12.6 Å². The molecule has 190 valence electrons. The number of benzene rings is 2. The van der Waals surface area contributed by atoms with E-state index in [-0.39, 0.29) is 17.6 Å². The Balaban J connectivity index is 1.40. The summed E-state index contributed by atoms with van der Waals surface area (Å²) in [6.45, 7) is 7.84. The summed E-state index contributed by atoms with van der Waals surface area (Å²) >= 11 is 0. The fourth-order valence-corrected chi connectivity index (χ4v) is 4.61. The van der Waals surface area contributed by atoms with E-state index in [1.54, 1.807) is 23.1 Å². The van der Waals surface area contributed by atoms with Crippen LogP contribution < -0.4 is 4.90 Å². The molecule has 2 aliphatic heterocycles. The van der Waals surface area contributed by atoms with Crippen LogP contribution in [0.15, 0.2) is 48.5 Å². The lowest BCUT2D eigenvalue weighted by Crippen LogP contribution is -2.50. The largest absolute Gasteiger partial charge is 0.379 e. The number of nitrogens with zero attached hydrogens (tertiary/aromatic N) is 4. The minimum absolute atomic E-state index is 0.114. The third kappa shape index (κ3) is 7.24. The number of anilines is 1. The normalized spacial score (nSPS) is 19.5. The Bertz CT molecular complexity index is 950. The quantitative estimate of drug-likeness (QED) is 0.545. The van der Waals surface area contributed by atoms with Gasteiger partial charge in [0.15, 0.2) is 0 Å². The number of hydrogen-bond donors (Lipinski definition) is 0. The van der Waals surface area contributed by atoms with Crippen LogP contribution in [0.4, 0.5) is 10.1 Å². The van der Waals surface area contributed by atoms with Crippen molar-refractivity contribution in [3.63, 3.8) is 0 Å². The van der Waals surface area contributed by atoms with Crippen LogP contribution in [0.3, 0.4) is 0 Å². The Morgan fingerprint density at radius 3 is 2.43 bits per heavy atom. The number of amides is 1. The van der Waals surface area contributed by atoms with Gasteiger partial charge in [-0.15, -0.1) is 0 Å². The second-order valence-corrected chi connectivity index (χ2v) is 9.47. The fourth-order valence-electron chi connectivity index (χ4n) is 4.61. The Hall–Kier alpha value is -2.52. The van der Waals surface area contributed by atoms with Crippen LogP contribution in [0.2, 0.25) is 0 Å². The van der Waals surface area contributed by atoms with E-state index in [0.717, 1.165) is 39.3 Å². The predicted molar refractivity (Wildman–Crippen MR) is 135 cm³/mol. The summed E-state index contributed by atoms with van der Waals surface area (Å²) in [5.41, 5.74) is 2.54. The number of carbonyl (C=O) groups is 1. The van der Waals surface area contributed by atoms with Crippen molar-refractivity contribution in [3.05, 3.63) is 65.5 Å². The Kier molecular flexibility index (Phi) is 9.09. The van der Waals surface area contributed by atoms with Crippen LogP contribution in [0.25, 0.3) is 0 Å². The molecule has 2 aromatic rings. The van der Waals surface area contributed by atoms with E-state index in [0.29, 0.717) is 32.9 Å².